The van der Waals surface area contributed by atoms with Gasteiger partial charge in [-0.25, -0.2) is 0 Å². The number of thioether (sulfide) groups is 1. The van der Waals surface area contributed by atoms with Crippen LogP contribution < -0.4 is 0 Å². The number of carbonyl (C=O) groups is 1. The van der Waals surface area contributed by atoms with Crippen LogP contribution in [0.1, 0.15) is 49.8 Å². The Morgan fingerprint density at radius 3 is 2.42 bits per heavy atom. The lowest BCUT2D eigenvalue weighted by molar-refractivity contribution is 0.0687. The standard InChI is InChI=1S/C17H27N5OS/c1-12(2)14-10-13(19-20(14)5)15(23)21-6-8-22(9-7-21)16-18-11-17(3,4)24-16/h10,12H,6-9,11H2,1-5H3. The number of piperazine rings is 1. The Morgan fingerprint density at radius 1 is 1.25 bits per heavy atom. The minimum atomic E-state index is 0.0403. The molecular formula is C17H27N5OS. The molecule has 0 atom stereocenters. The molecule has 3 heterocycles. The number of hydrogen-bond acceptors (Lipinski definition) is 5. The number of nitrogens with zero attached hydrogens (tertiary/aromatic N) is 5. The lowest BCUT2D eigenvalue weighted by Gasteiger charge is -2.35. The van der Waals surface area contributed by atoms with Crippen molar-refractivity contribution in [3.63, 3.8) is 0 Å². The topological polar surface area (TPSA) is 53.7 Å². The van der Waals surface area contributed by atoms with Gasteiger partial charge >= 0.3 is 0 Å². The number of hydrogen-bond donors (Lipinski definition) is 0. The fourth-order valence-electron chi connectivity index (χ4n) is 3.12. The van der Waals surface area contributed by atoms with Crippen molar-refractivity contribution < 1.29 is 4.79 Å². The zero-order chi connectivity index (χ0) is 17.5. The van der Waals surface area contributed by atoms with Gasteiger partial charge in [-0.05, 0) is 25.8 Å². The van der Waals surface area contributed by atoms with Gasteiger partial charge in [-0.1, -0.05) is 25.6 Å². The van der Waals surface area contributed by atoms with E-state index >= 15 is 0 Å². The van der Waals surface area contributed by atoms with Crippen LogP contribution in [-0.2, 0) is 7.05 Å². The Bertz CT molecular complexity index is 656. The number of aryl methyl sites for hydroxylation is 1. The summed E-state index contributed by atoms with van der Waals surface area (Å²) in [4.78, 5) is 21.6. The molecule has 6 nitrogen and oxygen atoms in total. The molecule has 0 saturated carbocycles. The summed E-state index contributed by atoms with van der Waals surface area (Å²) in [5.74, 6) is 0.403. The average molecular weight is 350 g/mol. The van der Waals surface area contributed by atoms with E-state index in [1.807, 2.05) is 34.5 Å². The van der Waals surface area contributed by atoms with Crippen LogP contribution in [0, 0.1) is 0 Å². The highest BCUT2D eigenvalue weighted by molar-refractivity contribution is 8.15. The normalized spacial score (nSPS) is 20.7. The fourth-order valence-corrected chi connectivity index (χ4v) is 4.19. The van der Waals surface area contributed by atoms with Crippen molar-refractivity contribution in [1.82, 2.24) is 19.6 Å². The smallest absolute Gasteiger partial charge is 0.274 e. The van der Waals surface area contributed by atoms with Gasteiger partial charge in [0.15, 0.2) is 10.9 Å². The van der Waals surface area contributed by atoms with E-state index in [9.17, 15) is 4.79 Å². The van der Waals surface area contributed by atoms with Crippen molar-refractivity contribution in [2.45, 2.75) is 38.4 Å². The van der Waals surface area contributed by atoms with Crippen LogP contribution in [-0.4, -0.2) is 68.1 Å². The Morgan fingerprint density at radius 2 is 1.92 bits per heavy atom. The predicted molar refractivity (Wildman–Crippen MR) is 98.7 cm³/mol. The number of aromatic nitrogens is 2. The molecule has 1 aromatic rings. The van der Waals surface area contributed by atoms with Crippen molar-refractivity contribution in [2.75, 3.05) is 32.7 Å². The van der Waals surface area contributed by atoms with E-state index in [0.29, 0.717) is 11.6 Å². The van der Waals surface area contributed by atoms with E-state index in [0.717, 1.165) is 43.6 Å². The molecule has 0 radical (unpaired) electrons. The van der Waals surface area contributed by atoms with Crippen LogP contribution >= 0.6 is 11.8 Å². The highest BCUT2D eigenvalue weighted by atomic mass is 32.2. The number of carbonyl (C=O) groups excluding carboxylic acids is 1. The first-order valence-electron chi connectivity index (χ1n) is 8.58. The van der Waals surface area contributed by atoms with E-state index in [-0.39, 0.29) is 10.7 Å². The summed E-state index contributed by atoms with van der Waals surface area (Å²) in [5.41, 5.74) is 1.65. The van der Waals surface area contributed by atoms with E-state index in [2.05, 4.69) is 42.7 Å². The SMILES string of the molecule is CC(C)c1cc(C(=O)N2CCN(C3=NCC(C)(C)S3)CC2)nn1C. The van der Waals surface area contributed by atoms with Gasteiger partial charge in [0.25, 0.3) is 5.91 Å². The predicted octanol–water partition coefficient (Wildman–Crippen LogP) is 2.18. The van der Waals surface area contributed by atoms with Gasteiger partial charge in [0.2, 0.25) is 0 Å². The van der Waals surface area contributed by atoms with Crippen molar-refractivity contribution in [1.29, 1.82) is 0 Å². The molecule has 1 saturated heterocycles. The van der Waals surface area contributed by atoms with E-state index < -0.39 is 0 Å². The molecule has 3 rings (SSSR count). The summed E-state index contributed by atoms with van der Waals surface area (Å²) in [6, 6.07) is 1.93. The lowest BCUT2D eigenvalue weighted by Crippen LogP contribution is -2.50. The third kappa shape index (κ3) is 3.45. The second kappa shape index (κ2) is 6.43. The molecule has 1 fully saturated rings. The maximum atomic E-state index is 12.7. The van der Waals surface area contributed by atoms with E-state index in [1.54, 1.807) is 0 Å². The number of rotatable bonds is 2. The first-order valence-corrected chi connectivity index (χ1v) is 9.40. The summed E-state index contributed by atoms with van der Waals surface area (Å²) in [6.07, 6.45) is 0. The third-order valence-electron chi connectivity index (χ3n) is 4.53. The van der Waals surface area contributed by atoms with Crippen LogP contribution in [0.15, 0.2) is 11.1 Å². The Balaban J connectivity index is 1.60. The van der Waals surface area contributed by atoms with E-state index in [4.69, 9.17) is 0 Å². The van der Waals surface area contributed by atoms with Crippen LogP contribution in [0.2, 0.25) is 0 Å². The zero-order valence-corrected chi connectivity index (χ0v) is 16.1. The molecule has 2 aliphatic heterocycles. The van der Waals surface area contributed by atoms with Gasteiger partial charge in [0.05, 0.1) is 6.54 Å². The molecule has 0 spiro atoms. The lowest BCUT2D eigenvalue weighted by atomic mass is 10.1. The molecule has 1 aromatic heterocycles. The molecule has 2 aliphatic rings. The molecule has 1 amide bonds. The fraction of sp³-hybridized carbons (Fsp3) is 0.706. The van der Waals surface area contributed by atoms with Gasteiger partial charge in [0.1, 0.15) is 0 Å². The molecule has 0 aromatic carbocycles. The van der Waals surface area contributed by atoms with Gasteiger partial charge in [-0.2, -0.15) is 5.10 Å². The summed E-state index contributed by atoms with van der Waals surface area (Å²) in [5, 5.41) is 5.54. The number of aliphatic imine (C=N–C) groups is 1. The second-order valence-corrected chi connectivity index (χ2v) is 9.15. The van der Waals surface area contributed by atoms with Crippen molar-refractivity contribution in [3.05, 3.63) is 17.5 Å². The van der Waals surface area contributed by atoms with Crippen LogP contribution in [0.3, 0.4) is 0 Å². The van der Waals surface area contributed by atoms with E-state index in [1.165, 1.54) is 0 Å². The molecule has 0 bridgehead atoms. The Kier molecular flexibility index (Phi) is 4.64. The molecule has 132 valence electrons. The summed E-state index contributed by atoms with van der Waals surface area (Å²) in [6.45, 7) is 12.7. The van der Waals surface area contributed by atoms with Crippen LogP contribution in [0.5, 0.6) is 0 Å². The summed E-state index contributed by atoms with van der Waals surface area (Å²) < 4.78 is 2.02. The molecule has 0 aliphatic carbocycles. The van der Waals surface area contributed by atoms with Gasteiger partial charge in [0, 0.05) is 43.7 Å². The second-order valence-electron chi connectivity index (χ2n) is 7.47. The Hall–Kier alpha value is -1.50. The van der Waals surface area contributed by atoms with Gasteiger partial charge in [-0.3, -0.25) is 14.5 Å². The molecule has 0 unspecified atom stereocenters. The van der Waals surface area contributed by atoms with Gasteiger partial charge in [-0.15, -0.1) is 0 Å². The first kappa shape index (κ1) is 17.3. The minimum absolute atomic E-state index is 0.0403. The molecule has 0 N–H and O–H groups in total. The van der Waals surface area contributed by atoms with Crippen LogP contribution in [0.4, 0.5) is 0 Å². The van der Waals surface area contributed by atoms with Crippen molar-refractivity contribution >= 4 is 22.8 Å². The minimum Gasteiger partial charge on any atom is -0.348 e. The van der Waals surface area contributed by atoms with Crippen LogP contribution in [0.25, 0.3) is 0 Å². The largest absolute Gasteiger partial charge is 0.348 e. The molecular weight excluding hydrogens is 322 g/mol. The monoisotopic (exact) mass is 349 g/mol. The van der Waals surface area contributed by atoms with Crippen molar-refractivity contribution in [3.8, 4) is 0 Å². The molecule has 7 heteroatoms. The quantitative estimate of drug-likeness (QED) is 0.821. The zero-order valence-electron chi connectivity index (χ0n) is 15.2. The maximum Gasteiger partial charge on any atom is 0.274 e. The number of amides is 1. The number of amidine groups is 1. The first-order chi connectivity index (χ1) is 11.3. The molecule has 24 heavy (non-hydrogen) atoms. The highest BCUT2D eigenvalue weighted by Gasteiger charge is 2.32. The van der Waals surface area contributed by atoms with Gasteiger partial charge < -0.3 is 9.80 Å². The van der Waals surface area contributed by atoms with Crippen molar-refractivity contribution in [2.24, 2.45) is 12.0 Å². The summed E-state index contributed by atoms with van der Waals surface area (Å²) in [7, 11) is 1.90. The maximum absolute atomic E-state index is 12.7. The third-order valence-corrected chi connectivity index (χ3v) is 5.78. The average Bonchev–Trinajstić information content (AvgIpc) is 3.09. The Labute approximate surface area is 148 Å². The highest BCUT2D eigenvalue weighted by Crippen LogP contribution is 2.33. The summed E-state index contributed by atoms with van der Waals surface area (Å²) >= 11 is 1.85.